The monoisotopic (exact) mass is 370 g/mol. The average Bonchev–Trinajstić information content (AvgIpc) is 2.71. The molecule has 3 rings (SSSR count). The number of hydrogen-bond donors (Lipinski definition) is 4. The number of nitrogens with one attached hydrogen (secondary N) is 2. The van der Waals surface area contributed by atoms with Crippen LogP contribution in [-0.2, 0) is 25.7 Å². The normalized spacial score (nSPS) is 10.6. The summed E-state index contributed by atoms with van der Waals surface area (Å²) >= 11 is 0. The molecule has 0 aliphatic heterocycles. The number of amidine groups is 2. The van der Waals surface area contributed by atoms with Crippen LogP contribution in [0.15, 0.2) is 72.8 Å². The van der Waals surface area contributed by atoms with Crippen LogP contribution in [0.25, 0.3) is 0 Å². The molecule has 0 unspecified atom stereocenters. The van der Waals surface area contributed by atoms with E-state index in [1.165, 1.54) is 22.3 Å². The largest absolute Gasteiger partial charge is 0.384 e. The quantitative estimate of drug-likeness (QED) is 0.358. The molecule has 0 amide bonds. The number of nitrogen functional groups attached to an aromatic ring is 2. The van der Waals surface area contributed by atoms with Crippen molar-refractivity contribution in [2.45, 2.75) is 25.7 Å². The average molecular weight is 371 g/mol. The maximum Gasteiger partial charge on any atom is 0.122 e. The highest BCUT2D eigenvalue weighted by molar-refractivity contribution is 5.95. The van der Waals surface area contributed by atoms with Crippen LogP contribution in [0.2, 0.25) is 0 Å². The predicted octanol–water partition coefficient (Wildman–Crippen LogP) is 3.83. The molecule has 0 radical (unpaired) electrons. The summed E-state index contributed by atoms with van der Waals surface area (Å²) < 4.78 is 0. The lowest BCUT2D eigenvalue weighted by Crippen LogP contribution is -2.10. The summed E-state index contributed by atoms with van der Waals surface area (Å²) in [5.74, 6) is 0.213. The van der Waals surface area contributed by atoms with Gasteiger partial charge in [0.05, 0.1) is 0 Å². The van der Waals surface area contributed by atoms with Crippen LogP contribution < -0.4 is 11.5 Å². The summed E-state index contributed by atoms with van der Waals surface area (Å²) in [6.45, 7) is 0. The maximum absolute atomic E-state index is 7.46. The lowest BCUT2D eigenvalue weighted by Gasteiger charge is -2.07. The molecule has 142 valence electrons. The Balaban J connectivity index is 1.56. The Hall–Kier alpha value is -3.40. The molecule has 0 atom stereocenters. The first kappa shape index (κ1) is 19.4. The van der Waals surface area contributed by atoms with Gasteiger partial charge in [0.1, 0.15) is 11.7 Å². The number of nitrogens with two attached hydrogens (primary N) is 2. The zero-order valence-electron chi connectivity index (χ0n) is 15.9. The van der Waals surface area contributed by atoms with Gasteiger partial charge in [0.15, 0.2) is 0 Å². The first-order valence-corrected chi connectivity index (χ1v) is 9.46. The first-order valence-electron chi connectivity index (χ1n) is 9.46. The molecule has 0 aliphatic rings. The van der Waals surface area contributed by atoms with Gasteiger partial charge in [-0.1, -0.05) is 72.8 Å². The van der Waals surface area contributed by atoms with Crippen LogP contribution in [0.4, 0.5) is 0 Å². The minimum atomic E-state index is 0.107. The van der Waals surface area contributed by atoms with Crippen LogP contribution in [0.1, 0.15) is 33.4 Å². The molecule has 28 heavy (non-hydrogen) atoms. The van der Waals surface area contributed by atoms with Crippen LogP contribution in [0.3, 0.4) is 0 Å². The highest BCUT2D eigenvalue weighted by Crippen LogP contribution is 2.14. The topological polar surface area (TPSA) is 99.7 Å². The minimum Gasteiger partial charge on any atom is -0.384 e. The van der Waals surface area contributed by atoms with Gasteiger partial charge in [-0.15, -0.1) is 0 Å². The smallest absolute Gasteiger partial charge is 0.122 e. The van der Waals surface area contributed by atoms with Gasteiger partial charge in [-0.3, -0.25) is 10.8 Å². The van der Waals surface area contributed by atoms with Crippen molar-refractivity contribution in [2.75, 3.05) is 0 Å². The fourth-order valence-corrected chi connectivity index (χ4v) is 3.22. The molecule has 0 saturated heterocycles. The third-order valence-corrected chi connectivity index (χ3v) is 4.93. The van der Waals surface area contributed by atoms with Crippen LogP contribution in [0, 0.1) is 10.8 Å². The predicted molar refractivity (Wildman–Crippen MR) is 116 cm³/mol. The molecule has 4 heteroatoms. The maximum atomic E-state index is 7.46. The van der Waals surface area contributed by atoms with Crippen molar-refractivity contribution in [3.63, 3.8) is 0 Å². The van der Waals surface area contributed by atoms with Gasteiger partial charge in [-0.2, -0.15) is 0 Å². The van der Waals surface area contributed by atoms with Gasteiger partial charge in [0.25, 0.3) is 0 Å². The standard InChI is InChI=1S/C24H26N4/c25-23(26)21-12-8-17(9-13-21)4-6-19-2-1-3-20(16-19)7-5-18-10-14-22(15-11-18)24(27)28/h1-3,8-16H,4-7H2,(H3,25,26)(H3,27,28). The van der Waals surface area contributed by atoms with Crippen molar-refractivity contribution >= 4 is 11.7 Å². The summed E-state index contributed by atoms with van der Waals surface area (Å²) in [4.78, 5) is 0. The number of rotatable bonds is 8. The molecule has 0 heterocycles. The van der Waals surface area contributed by atoms with Gasteiger partial charge in [0.2, 0.25) is 0 Å². The van der Waals surface area contributed by atoms with Crippen LogP contribution in [0.5, 0.6) is 0 Å². The second-order valence-electron chi connectivity index (χ2n) is 7.04. The summed E-state index contributed by atoms with van der Waals surface area (Å²) in [7, 11) is 0. The molecule has 0 aliphatic carbocycles. The number of hydrogen-bond acceptors (Lipinski definition) is 2. The summed E-state index contributed by atoms with van der Waals surface area (Å²) in [6, 6.07) is 24.6. The van der Waals surface area contributed by atoms with Crippen LogP contribution >= 0.6 is 0 Å². The lowest BCUT2D eigenvalue weighted by atomic mass is 9.98. The summed E-state index contributed by atoms with van der Waals surface area (Å²) in [5, 5.41) is 14.9. The zero-order chi connectivity index (χ0) is 19.9. The number of benzene rings is 3. The molecule has 0 aromatic heterocycles. The Morgan fingerprint density at radius 3 is 1.25 bits per heavy atom. The van der Waals surface area contributed by atoms with Crippen molar-refractivity contribution in [2.24, 2.45) is 11.5 Å². The molecule has 3 aromatic carbocycles. The van der Waals surface area contributed by atoms with E-state index in [-0.39, 0.29) is 11.7 Å². The van der Waals surface area contributed by atoms with E-state index in [4.69, 9.17) is 22.3 Å². The third-order valence-electron chi connectivity index (χ3n) is 4.93. The third kappa shape index (κ3) is 5.30. The lowest BCUT2D eigenvalue weighted by molar-refractivity contribution is 0.930. The first-order chi connectivity index (χ1) is 13.5. The van der Waals surface area contributed by atoms with Crippen molar-refractivity contribution in [1.82, 2.24) is 0 Å². The van der Waals surface area contributed by atoms with E-state index in [1.54, 1.807) is 0 Å². The summed E-state index contributed by atoms with van der Waals surface area (Å²) in [5.41, 5.74) is 17.7. The number of aryl methyl sites for hydroxylation is 4. The Morgan fingerprint density at radius 2 is 0.893 bits per heavy atom. The van der Waals surface area contributed by atoms with Crippen molar-refractivity contribution in [1.29, 1.82) is 10.8 Å². The molecule has 0 saturated carbocycles. The molecule has 3 aromatic rings. The fraction of sp³-hybridized carbons (Fsp3) is 0.167. The van der Waals surface area contributed by atoms with E-state index in [0.717, 1.165) is 36.8 Å². The van der Waals surface area contributed by atoms with E-state index < -0.39 is 0 Å². The minimum absolute atomic E-state index is 0.107. The zero-order valence-corrected chi connectivity index (χ0v) is 15.9. The fourth-order valence-electron chi connectivity index (χ4n) is 3.22. The molecule has 0 bridgehead atoms. The van der Waals surface area contributed by atoms with Gasteiger partial charge < -0.3 is 11.5 Å². The van der Waals surface area contributed by atoms with E-state index in [9.17, 15) is 0 Å². The molecular formula is C24H26N4. The Bertz CT molecular complexity index is 880. The van der Waals surface area contributed by atoms with Crippen molar-refractivity contribution in [3.05, 3.63) is 106 Å². The Kier molecular flexibility index (Phi) is 6.22. The van der Waals surface area contributed by atoms with Gasteiger partial charge in [-0.25, -0.2) is 0 Å². The van der Waals surface area contributed by atoms with Gasteiger partial charge in [0, 0.05) is 11.1 Å². The van der Waals surface area contributed by atoms with Gasteiger partial charge in [-0.05, 0) is 47.9 Å². The Morgan fingerprint density at radius 1 is 0.536 bits per heavy atom. The van der Waals surface area contributed by atoms with Crippen molar-refractivity contribution in [3.8, 4) is 0 Å². The molecule has 0 fully saturated rings. The Labute approximate surface area is 166 Å². The second kappa shape index (κ2) is 9.00. The van der Waals surface area contributed by atoms with Gasteiger partial charge >= 0.3 is 0 Å². The van der Waals surface area contributed by atoms with E-state index in [1.807, 2.05) is 48.5 Å². The molecule has 0 spiro atoms. The van der Waals surface area contributed by atoms with Crippen molar-refractivity contribution < 1.29 is 0 Å². The highest BCUT2D eigenvalue weighted by Gasteiger charge is 2.02. The van der Waals surface area contributed by atoms with Crippen LogP contribution in [-0.4, -0.2) is 11.7 Å². The van der Waals surface area contributed by atoms with E-state index in [0.29, 0.717) is 0 Å². The molecular weight excluding hydrogens is 344 g/mol. The SMILES string of the molecule is N=C(N)c1ccc(CCc2cccc(CCc3ccc(C(=N)N)cc3)c2)cc1. The second-order valence-corrected chi connectivity index (χ2v) is 7.04. The molecule has 6 N–H and O–H groups in total. The van der Waals surface area contributed by atoms with E-state index >= 15 is 0 Å². The highest BCUT2D eigenvalue weighted by atomic mass is 14.7. The molecule has 4 nitrogen and oxygen atoms in total. The summed E-state index contributed by atoms with van der Waals surface area (Å²) in [6.07, 6.45) is 3.91. The van der Waals surface area contributed by atoms with E-state index in [2.05, 4.69) is 24.3 Å².